The molecule has 1 aliphatic carbocycles. The van der Waals surface area contributed by atoms with Crippen molar-refractivity contribution in [3.63, 3.8) is 0 Å². The van der Waals surface area contributed by atoms with Gasteiger partial charge in [0.2, 0.25) is 0 Å². The lowest BCUT2D eigenvalue weighted by atomic mass is 9.78. The molecule has 1 nitrogen and oxygen atoms in total. The van der Waals surface area contributed by atoms with Gasteiger partial charge in [-0.05, 0) is 42.5 Å². The van der Waals surface area contributed by atoms with Crippen molar-refractivity contribution in [2.24, 2.45) is 0 Å². The van der Waals surface area contributed by atoms with Crippen LogP contribution in [0.15, 0.2) is 18.2 Å². The van der Waals surface area contributed by atoms with E-state index in [0.717, 1.165) is 18.2 Å². The molecule has 0 heterocycles. The number of rotatable bonds is 0. The molecule has 1 atom stereocenters. The number of aliphatic hydroxyl groups is 1. The summed E-state index contributed by atoms with van der Waals surface area (Å²) in [4.78, 5) is 0. The van der Waals surface area contributed by atoms with Crippen LogP contribution in [0.25, 0.3) is 0 Å². The van der Waals surface area contributed by atoms with Crippen molar-refractivity contribution in [2.75, 3.05) is 0 Å². The van der Waals surface area contributed by atoms with Gasteiger partial charge in [-0.2, -0.15) is 13.2 Å². The topological polar surface area (TPSA) is 20.2 Å². The number of benzene rings is 1. The summed E-state index contributed by atoms with van der Waals surface area (Å²) >= 11 is 0. The number of fused-ring (bicyclic) bond motifs is 1. The molecule has 88 valence electrons. The van der Waals surface area contributed by atoms with Crippen LogP contribution in [0.4, 0.5) is 17.6 Å². The minimum Gasteiger partial charge on any atom is -0.376 e. The Bertz CT molecular complexity index is 413. The monoisotopic (exact) mass is 234 g/mol. The third-order valence-corrected chi connectivity index (χ3v) is 2.97. The summed E-state index contributed by atoms with van der Waals surface area (Å²) in [6.07, 6.45) is -4.52. The van der Waals surface area contributed by atoms with Gasteiger partial charge in [0.1, 0.15) is 5.82 Å². The van der Waals surface area contributed by atoms with E-state index in [1.54, 1.807) is 0 Å². The molecular formula is C11H10F4O. The van der Waals surface area contributed by atoms with E-state index in [1.165, 1.54) is 0 Å². The number of halogens is 4. The molecule has 1 N–H and O–H groups in total. The van der Waals surface area contributed by atoms with Crippen molar-refractivity contribution in [1.82, 2.24) is 0 Å². The number of hydrogen-bond acceptors (Lipinski definition) is 1. The molecule has 1 aromatic rings. The lowest BCUT2D eigenvalue weighted by molar-refractivity contribution is -0.271. The molecule has 0 saturated heterocycles. The smallest absolute Gasteiger partial charge is 0.376 e. The van der Waals surface area contributed by atoms with Gasteiger partial charge in [-0.25, -0.2) is 4.39 Å². The van der Waals surface area contributed by atoms with Crippen molar-refractivity contribution < 1.29 is 22.7 Å². The zero-order valence-electron chi connectivity index (χ0n) is 8.31. The minimum absolute atomic E-state index is 0.201. The molecule has 2 rings (SSSR count). The maximum atomic E-state index is 12.9. The summed E-state index contributed by atoms with van der Waals surface area (Å²) in [6.45, 7) is 0. The summed E-state index contributed by atoms with van der Waals surface area (Å²) in [5, 5.41) is 9.70. The highest BCUT2D eigenvalue weighted by atomic mass is 19.4. The van der Waals surface area contributed by atoms with Crippen LogP contribution < -0.4 is 0 Å². The molecule has 5 heteroatoms. The predicted molar refractivity (Wildman–Crippen MR) is 49.3 cm³/mol. The molecule has 0 fully saturated rings. The van der Waals surface area contributed by atoms with Crippen LogP contribution in [-0.4, -0.2) is 11.3 Å². The van der Waals surface area contributed by atoms with E-state index in [4.69, 9.17) is 0 Å². The van der Waals surface area contributed by atoms with E-state index in [2.05, 4.69) is 0 Å². The van der Waals surface area contributed by atoms with Crippen molar-refractivity contribution in [3.8, 4) is 0 Å². The zero-order chi connectivity index (χ0) is 12.0. The summed E-state index contributed by atoms with van der Waals surface area (Å²) < 4.78 is 51.2. The molecule has 0 saturated carbocycles. The molecule has 0 aromatic heterocycles. The van der Waals surface area contributed by atoms with Crippen molar-refractivity contribution >= 4 is 0 Å². The fraction of sp³-hybridized carbons (Fsp3) is 0.455. The highest BCUT2D eigenvalue weighted by Gasteiger charge is 2.56. The molecule has 0 bridgehead atoms. The van der Waals surface area contributed by atoms with E-state index in [9.17, 15) is 22.7 Å². The van der Waals surface area contributed by atoms with E-state index >= 15 is 0 Å². The van der Waals surface area contributed by atoms with Crippen molar-refractivity contribution in [2.45, 2.75) is 31.0 Å². The summed E-state index contributed by atoms with van der Waals surface area (Å²) in [6, 6.07) is 3.03. The quantitative estimate of drug-likeness (QED) is 0.684. The normalized spacial score (nSPS) is 25.3. The second-order valence-corrected chi connectivity index (χ2v) is 4.01. The molecule has 0 aliphatic heterocycles. The summed E-state index contributed by atoms with van der Waals surface area (Å²) in [5.41, 5.74) is -2.80. The van der Waals surface area contributed by atoms with Crippen molar-refractivity contribution in [3.05, 3.63) is 35.1 Å². The van der Waals surface area contributed by atoms with E-state index in [0.29, 0.717) is 6.42 Å². The Morgan fingerprint density at radius 1 is 1.25 bits per heavy atom. The molecule has 1 aromatic carbocycles. The Hall–Kier alpha value is -1.10. The fourth-order valence-electron chi connectivity index (χ4n) is 2.14. The Balaban J connectivity index is 2.56. The van der Waals surface area contributed by atoms with Gasteiger partial charge >= 0.3 is 6.18 Å². The van der Waals surface area contributed by atoms with Crippen LogP contribution >= 0.6 is 0 Å². The highest BCUT2D eigenvalue weighted by molar-refractivity contribution is 5.36. The minimum atomic E-state index is -4.72. The Morgan fingerprint density at radius 3 is 2.56 bits per heavy atom. The highest BCUT2D eigenvalue weighted by Crippen LogP contribution is 2.46. The van der Waals surface area contributed by atoms with Crippen LogP contribution in [0, 0.1) is 5.82 Å². The first-order valence-corrected chi connectivity index (χ1v) is 4.92. The average Bonchev–Trinajstić information content (AvgIpc) is 2.15. The lowest BCUT2D eigenvalue weighted by Gasteiger charge is -2.35. The first-order chi connectivity index (χ1) is 7.34. The summed E-state index contributed by atoms with van der Waals surface area (Å²) in [7, 11) is 0. The first-order valence-electron chi connectivity index (χ1n) is 4.92. The molecule has 0 spiro atoms. The predicted octanol–water partition coefficient (Wildman–Crippen LogP) is 2.91. The Kier molecular flexibility index (Phi) is 2.45. The van der Waals surface area contributed by atoms with Crippen LogP contribution in [0.3, 0.4) is 0 Å². The van der Waals surface area contributed by atoms with Crippen LogP contribution in [0.5, 0.6) is 0 Å². The van der Waals surface area contributed by atoms with Crippen LogP contribution in [0.1, 0.15) is 24.0 Å². The van der Waals surface area contributed by atoms with Gasteiger partial charge in [0.25, 0.3) is 0 Å². The molecule has 0 radical (unpaired) electrons. The van der Waals surface area contributed by atoms with Crippen molar-refractivity contribution in [1.29, 1.82) is 0 Å². The molecule has 0 amide bonds. The second-order valence-electron chi connectivity index (χ2n) is 4.01. The van der Waals surface area contributed by atoms with Gasteiger partial charge in [-0.3, -0.25) is 0 Å². The molecule has 16 heavy (non-hydrogen) atoms. The lowest BCUT2D eigenvalue weighted by Crippen LogP contribution is -2.44. The maximum Gasteiger partial charge on any atom is 0.421 e. The Labute approximate surface area is 89.7 Å². The number of aryl methyl sites for hydroxylation is 1. The van der Waals surface area contributed by atoms with E-state index < -0.39 is 17.6 Å². The van der Waals surface area contributed by atoms with Gasteiger partial charge in [0, 0.05) is 0 Å². The number of alkyl halides is 3. The molecule has 1 unspecified atom stereocenters. The van der Waals surface area contributed by atoms with E-state index in [1.807, 2.05) is 0 Å². The Morgan fingerprint density at radius 2 is 1.94 bits per heavy atom. The zero-order valence-corrected chi connectivity index (χ0v) is 8.31. The largest absolute Gasteiger partial charge is 0.421 e. The SMILES string of the molecule is OC1(C(F)(F)F)CCCc2cc(F)ccc21. The molecular weight excluding hydrogens is 224 g/mol. The molecule has 1 aliphatic rings. The second kappa shape index (κ2) is 3.45. The number of hydrogen-bond donors (Lipinski definition) is 1. The third kappa shape index (κ3) is 1.59. The standard InChI is InChI=1S/C11H10F4O/c12-8-3-4-9-7(6-8)2-1-5-10(9,16)11(13,14)15/h3-4,6,16H,1-2,5H2. The van der Waals surface area contributed by atoms with Gasteiger partial charge in [0.15, 0.2) is 5.60 Å². The summed E-state index contributed by atoms with van der Waals surface area (Å²) in [5.74, 6) is -0.579. The fourth-order valence-corrected chi connectivity index (χ4v) is 2.14. The third-order valence-electron chi connectivity index (χ3n) is 2.97. The average molecular weight is 234 g/mol. The van der Waals surface area contributed by atoms with Crippen LogP contribution in [-0.2, 0) is 12.0 Å². The van der Waals surface area contributed by atoms with E-state index in [-0.39, 0.29) is 24.0 Å². The van der Waals surface area contributed by atoms with Gasteiger partial charge in [0.05, 0.1) is 0 Å². The van der Waals surface area contributed by atoms with Gasteiger partial charge in [-0.15, -0.1) is 0 Å². The van der Waals surface area contributed by atoms with Crippen LogP contribution in [0.2, 0.25) is 0 Å². The van der Waals surface area contributed by atoms with Gasteiger partial charge < -0.3 is 5.11 Å². The first kappa shape index (κ1) is 11.4. The van der Waals surface area contributed by atoms with Gasteiger partial charge in [-0.1, -0.05) is 6.07 Å². The maximum absolute atomic E-state index is 12.9.